The van der Waals surface area contributed by atoms with Crippen LogP contribution < -0.4 is 10.3 Å². The van der Waals surface area contributed by atoms with Crippen molar-refractivity contribution in [2.75, 3.05) is 7.11 Å². The molecular weight excluding hydrogens is 340 g/mol. The third-order valence-corrected chi connectivity index (χ3v) is 4.55. The third-order valence-electron chi connectivity index (χ3n) is 4.55. The first-order chi connectivity index (χ1) is 13.2. The minimum atomic E-state index is -0.315. The van der Waals surface area contributed by atoms with E-state index in [0.29, 0.717) is 22.9 Å². The van der Waals surface area contributed by atoms with E-state index in [1.54, 1.807) is 31.5 Å². The molecule has 0 aliphatic carbocycles. The molecule has 134 valence electrons. The van der Waals surface area contributed by atoms with Gasteiger partial charge >= 0.3 is 0 Å². The molecule has 0 atom stereocenters. The van der Waals surface area contributed by atoms with Crippen LogP contribution in [0.4, 0.5) is 0 Å². The number of aromatic hydroxyl groups is 1. The number of nitrogens with one attached hydrogen (secondary N) is 1. The molecule has 0 aliphatic rings. The zero-order valence-corrected chi connectivity index (χ0v) is 14.8. The summed E-state index contributed by atoms with van der Waals surface area (Å²) in [7, 11) is 1.65. The van der Waals surface area contributed by atoms with E-state index in [4.69, 9.17) is 4.74 Å². The van der Waals surface area contributed by atoms with E-state index in [-0.39, 0.29) is 11.4 Å². The Kier molecular flexibility index (Phi) is 4.34. The van der Waals surface area contributed by atoms with Crippen LogP contribution >= 0.6 is 0 Å². The number of methoxy groups -OCH3 is 1. The van der Waals surface area contributed by atoms with Crippen LogP contribution in [0.25, 0.3) is 21.5 Å². The van der Waals surface area contributed by atoms with Gasteiger partial charge in [-0.05, 0) is 40.6 Å². The highest BCUT2D eigenvalue weighted by Gasteiger charge is 2.08. The predicted octanol–water partition coefficient (Wildman–Crippen LogP) is 4.01. The number of benzene rings is 3. The first-order valence-electron chi connectivity index (χ1n) is 8.56. The second-order valence-electron chi connectivity index (χ2n) is 6.28. The van der Waals surface area contributed by atoms with Gasteiger partial charge in [-0.3, -0.25) is 14.8 Å². The second kappa shape index (κ2) is 6.96. The summed E-state index contributed by atoms with van der Waals surface area (Å²) in [6.07, 6.45) is 1.60. The second-order valence-corrected chi connectivity index (χ2v) is 6.28. The van der Waals surface area contributed by atoms with Gasteiger partial charge in [-0.2, -0.15) is 0 Å². The molecule has 4 rings (SSSR count). The first-order valence-corrected chi connectivity index (χ1v) is 8.56. The van der Waals surface area contributed by atoms with Crippen LogP contribution in [0.2, 0.25) is 0 Å². The molecule has 0 spiro atoms. The number of aliphatic imine (C=N–C) groups is 1. The molecule has 1 heterocycles. The van der Waals surface area contributed by atoms with E-state index in [1.807, 2.05) is 36.4 Å². The van der Waals surface area contributed by atoms with E-state index >= 15 is 0 Å². The minimum absolute atomic E-state index is 0.173. The maximum atomic E-state index is 11.9. The molecule has 5 heteroatoms. The molecule has 0 fully saturated rings. The van der Waals surface area contributed by atoms with Gasteiger partial charge in [0.15, 0.2) is 0 Å². The molecule has 0 saturated heterocycles. The summed E-state index contributed by atoms with van der Waals surface area (Å²) in [5, 5.41) is 13.5. The summed E-state index contributed by atoms with van der Waals surface area (Å²) in [5.74, 6) is 0.654. The SMILES string of the molecule is COc1ccc2cc(CN=Cc3c(O)[nH]c(=O)c4ccccc34)ccc2c1. The monoisotopic (exact) mass is 358 g/mol. The van der Waals surface area contributed by atoms with E-state index in [9.17, 15) is 9.90 Å². The van der Waals surface area contributed by atoms with E-state index in [0.717, 1.165) is 22.1 Å². The number of H-pyrrole nitrogens is 1. The Labute approximate surface area is 155 Å². The smallest absolute Gasteiger partial charge is 0.258 e. The maximum Gasteiger partial charge on any atom is 0.258 e. The lowest BCUT2D eigenvalue weighted by Crippen LogP contribution is -2.07. The van der Waals surface area contributed by atoms with Gasteiger partial charge < -0.3 is 9.84 Å². The Morgan fingerprint density at radius 3 is 2.59 bits per heavy atom. The van der Waals surface area contributed by atoms with Crippen molar-refractivity contribution in [3.63, 3.8) is 0 Å². The van der Waals surface area contributed by atoms with Crippen molar-refractivity contribution < 1.29 is 9.84 Å². The fourth-order valence-electron chi connectivity index (χ4n) is 3.16. The number of fused-ring (bicyclic) bond motifs is 2. The van der Waals surface area contributed by atoms with Gasteiger partial charge in [-0.25, -0.2) is 0 Å². The van der Waals surface area contributed by atoms with Gasteiger partial charge in [0.05, 0.1) is 19.2 Å². The zero-order chi connectivity index (χ0) is 18.8. The van der Waals surface area contributed by atoms with Gasteiger partial charge in [0.2, 0.25) is 5.88 Å². The number of nitrogens with zero attached hydrogens (tertiary/aromatic N) is 1. The molecule has 27 heavy (non-hydrogen) atoms. The largest absolute Gasteiger partial charge is 0.497 e. The molecule has 0 radical (unpaired) electrons. The standard InChI is InChI=1S/C22H18N2O3/c1-27-17-9-8-15-10-14(6-7-16(15)11-17)12-23-13-20-18-4-2-3-5-19(18)21(25)24-22(20)26/h2-11,13H,12H2,1H3,(H2,24,25,26). The quantitative estimate of drug-likeness (QED) is 0.541. The number of aromatic nitrogens is 1. The van der Waals surface area contributed by atoms with E-state index < -0.39 is 0 Å². The van der Waals surface area contributed by atoms with Crippen LogP contribution in [-0.2, 0) is 6.54 Å². The van der Waals surface area contributed by atoms with Gasteiger partial charge in [0.25, 0.3) is 5.56 Å². The Bertz CT molecular complexity index is 1230. The molecule has 1 aromatic heterocycles. The van der Waals surface area contributed by atoms with E-state index in [1.165, 1.54) is 0 Å². The van der Waals surface area contributed by atoms with Crippen LogP contribution in [0.3, 0.4) is 0 Å². The van der Waals surface area contributed by atoms with Crippen LogP contribution in [-0.4, -0.2) is 23.4 Å². The highest BCUT2D eigenvalue weighted by molar-refractivity contribution is 6.01. The minimum Gasteiger partial charge on any atom is -0.497 e. The molecule has 0 bridgehead atoms. The predicted molar refractivity (Wildman–Crippen MR) is 108 cm³/mol. The molecule has 0 aliphatic heterocycles. The van der Waals surface area contributed by atoms with Crippen molar-refractivity contribution in [1.82, 2.24) is 4.98 Å². The fourth-order valence-corrected chi connectivity index (χ4v) is 3.16. The maximum absolute atomic E-state index is 11.9. The number of hydrogen-bond donors (Lipinski definition) is 2. The molecule has 5 nitrogen and oxygen atoms in total. The van der Waals surface area contributed by atoms with Crippen LogP contribution in [0.5, 0.6) is 11.6 Å². The number of ether oxygens (including phenoxy) is 1. The van der Waals surface area contributed by atoms with Crippen LogP contribution in [0.1, 0.15) is 11.1 Å². The summed E-state index contributed by atoms with van der Waals surface area (Å²) in [6.45, 7) is 0.467. The number of aromatic amines is 1. The van der Waals surface area contributed by atoms with Crippen molar-refractivity contribution in [2.45, 2.75) is 6.54 Å². The zero-order valence-electron chi connectivity index (χ0n) is 14.8. The Morgan fingerprint density at radius 2 is 1.78 bits per heavy atom. The number of pyridine rings is 1. The number of rotatable bonds is 4. The summed E-state index contributed by atoms with van der Waals surface area (Å²) in [5.41, 5.74) is 1.25. The van der Waals surface area contributed by atoms with Crippen LogP contribution in [0, 0.1) is 0 Å². The Hall–Kier alpha value is -3.60. The topological polar surface area (TPSA) is 74.7 Å². The van der Waals surface area contributed by atoms with Crippen molar-refractivity contribution in [3.8, 4) is 11.6 Å². The van der Waals surface area contributed by atoms with Crippen molar-refractivity contribution in [1.29, 1.82) is 0 Å². The van der Waals surface area contributed by atoms with Gasteiger partial charge in [-0.1, -0.05) is 36.4 Å². The summed E-state index contributed by atoms with van der Waals surface area (Å²) in [4.78, 5) is 18.9. The van der Waals surface area contributed by atoms with E-state index in [2.05, 4.69) is 16.0 Å². The van der Waals surface area contributed by atoms with Gasteiger partial charge in [0, 0.05) is 17.0 Å². The van der Waals surface area contributed by atoms with Crippen molar-refractivity contribution in [3.05, 3.63) is 82.1 Å². The fraction of sp³-hybridized carbons (Fsp3) is 0.0909. The summed E-state index contributed by atoms with van der Waals surface area (Å²) < 4.78 is 5.25. The Morgan fingerprint density at radius 1 is 1.04 bits per heavy atom. The molecule has 0 saturated carbocycles. The van der Waals surface area contributed by atoms with Crippen molar-refractivity contribution >= 4 is 27.8 Å². The average Bonchev–Trinajstić information content (AvgIpc) is 2.70. The highest BCUT2D eigenvalue weighted by atomic mass is 16.5. The third kappa shape index (κ3) is 3.27. The lowest BCUT2D eigenvalue weighted by atomic mass is 10.1. The molecule has 4 aromatic rings. The molecular formula is C22H18N2O3. The van der Waals surface area contributed by atoms with Crippen molar-refractivity contribution in [2.24, 2.45) is 4.99 Å². The lowest BCUT2D eigenvalue weighted by Gasteiger charge is -2.05. The molecule has 0 unspecified atom stereocenters. The molecule has 2 N–H and O–H groups in total. The first kappa shape index (κ1) is 16.8. The Balaban J connectivity index is 1.64. The lowest BCUT2D eigenvalue weighted by molar-refractivity contribution is 0.415. The van der Waals surface area contributed by atoms with Gasteiger partial charge in [-0.15, -0.1) is 0 Å². The highest BCUT2D eigenvalue weighted by Crippen LogP contribution is 2.23. The number of hydrogen-bond acceptors (Lipinski definition) is 4. The summed E-state index contributed by atoms with van der Waals surface area (Å²) >= 11 is 0. The van der Waals surface area contributed by atoms with Crippen LogP contribution in [0.15, 0.2) is 70.5 Å². The normalized spacial score (nSPS) is 11.4. The average molecular weight is 358 g/mol. The molecule has 0 amide bonds. The van der Waals surface area contributed by atoms with Gasteiger partial charge in [0.1, 0.15) is 5.75 Å². The molecule has 3 aromatic carbocycles. The summed E-state index contributed by atoms with van der Waals surface area (Å²) in [6, 6.07) is 19.2.